The molecule has 3 nitrogen and oxygen atoms in total. The van der Waals surface area contributed by atoms with Gasteiger partial charge in [-0.1, -0.05) is 11.6 Å². The Morgan fingerprint density at radius 2 is 2.18 bits per heavy atom. The summed E-state index contributed by atoms with van der Waals surface area (Å²) in [6.45, 7) is 0. The summed E-state index contributed by atoms with van der Waals surface area (Å²) >= 11 is 9.10. The van der Waals surface area contributed by atoms with Crippen molar-refractivity contribution >= 4 is 43.1 Å². The van der Waals surface area contributed by atoms with E-state index < -0.39 is 15.7 Å². The second-order valence-corrected chi connectivity index (χ2v) is 7.48. The summed E-state index contributed by atoms with van der Waals surface area (Å²) in [6, 6.07) is 2.31. The first-order chi connectivity index (χ1) is 7.87. The Balaban J connectivity index is 2.20. The molecule has 0 bridgehead atoms. The first-order valence-corrected chi connectivity index (χ1v) is 7.98. The van der Waals surface area contributed by atoms with Crippen molar-refractivity contribution in [2.75, 3.05) is 16.8 Å². The van der Waals surface area contributed by atoms with E-state index in [0.717, 1.165) is 0 Å². The zero-order valence-corrected chi connectivity index (χ0v) is 11.9. The minimum Gasteiger partial charge on any atom is -0.379 e. The van der Waals surface area contributed by atoms with Gasteiger partial charge in [0.15, 0.2) is 9.84 Å². The molecule has 17 heavy (non-hydrogen) atoms. The summed E-state index contributed by atoms with van der Waals surface area (Å²) in [6.07, 6.45) is 0.544. The van der Waals surface area contributed by atoms with E-state index in [9.17, 15) is 12.8 Å². The lowest BCUT2D eigenvalue weighted by Crippen LogP contribution is -2.21. The highest BCUT2D eigenvalue weighted by Gasteiger charge is 2.28. The van der Waals surface area contributed by atoms with Gasteiger partial charge in [0, 0.05) is 10.5 Å². The molecule has 0 saturated carbocycles. The molecule has 1 N–H and O–H groups in total. The van der Waals surface area contributed by atoms with Gasteiger partial charge in [0.1, 0.15) is 5.82 Å². The summed E-state index contributed by atoms with van der Waals surface area (Å²) in [5.41, 5.74) is 0.537. The van der Waals surface area contributed by atoms with E-state index in [0.29, 0.717) is 16.6 Å². The van der Waals surface area contributed by atoms with E-state index in [-0.39, 0.29) is 22.6 Å². The smallest absolute Gasteiger partial charge is 0.152 e. The van der Waals surface area contributed by atoms with Crippen LogP contribution in [0.25, 0.3) is 0 Å². The average molecular weight is 343 g/mol. The van der Waals surface area contributed by atoms with Gasteiger partial charge in [-0.05, 0) is 34.5 Å². The first-order valence-electron chi connectivity index (χ1n) is 4.99. The summed E-state index contributed by atoms with van der Waals surface area (Å²) in [7, 11) is -2.94. The molecule has 1 unspecified atom stereocenters. The van der Waals surface area contributed by atoms with Crippen LogP contribution in [0, 0.1) is 5.82 Å². The third-order valence-corrected chi connectivity index (χ3v) is 5.28. The number of hydrogen-bond acceptors (Lipinski definition) is 3. The maximum Gasteiger partial charge on any atom is 0.152 e. The van der Waals surface area contributed by atoms with Gasteiger partial charge in [0.25, 0.3) is 0 Å². The van der Waals surface area contributed by atoms with Crippen LogP contribution < -0.4 is 5.32 Å². The van der Waals surface area contributed by atoms with Gasteiger partial charge < -0.3 is 5.32 Å². The zero-order valence-electron chi connectivity index (χ0n) is 8.71. The number of benzene rings is 1. The fourth-order valence-corrected chi connectivity index (χ4v) is 4.39. The van der Waals surface area contributed by atoms with Gasteiger partial charge in [-0.15, -0.1) is 0 Å². The van der Waals surface area contributed by atoms with Gasteiger partial charge in [-0.2, -0.15) is 0 Å². The molecule has 2 rings (SSSR count). The van der Waals surface area contributed by atoms with E-state index in [4.69, 9.17) is 11.6 Å². The number of halogens is 3. The molecule has 7 heteroatoms. The predicted octanol–water partition coefficient (Wildman–Crippen LogP) is 2.84. The Morgan fingerprint density at radius 1 is 1.47 bits per heavy atom. The highest BCUT2D eigenvalue weighted by molar-refractivity contribution is 9.10. The molecule has 1 aliphatic rings. The Labute approximate surface area is 112 Å². The van der Waals surface area contributed by atoms with E-state index in [2.05, 4.69) is 21.2 Å². The maximum atomic E-state index is 13.0. The maximum absolute atomic E-state index is 13.0. The van der Waals surface area contributed by atoms with E-state index in [1.165, 1.54) is 12.1 Å². The number of anilines is 1. The van der Waals surface area contributed by atoms with Gasteiger partial charge in [-0.25, -0.2) is 12.8 Å². The van der Waals surface area contributed by atoms with Crippen molar-refractivity contribution in [3.05, 3.63) is 27.4 Å². The monoisotopic (exact) mass is 341 g/mol. The van der Waals surface area contributed by atoms with Crippen LogP contribution in [-0.2, 0) is 9.84 Å². The van der Waals surface area contributed by atoms with Crippen molar-refractivity contribution in [2.24, 2.45) is 0 Å². The molecular weight excluding hydrogens is 333 g/mol. The molecule has 1 atom stereocenters. The molecule has 1 fully saturated rings. The Bertz CT molecular complexity index is 526. The third kappa shape index (κ3) is 3.11. The molecule has 94 valence electrons. The number of sulfone groups is 1. The van der Waals surface area contributed by atoms with Crippen LogP contribution >= 0.6 is 27.5 Å². The minimum atomic E-state index is -2.94. The van der Waals surface area contributed by atoms with E-state index >= 15 is 0 Å². The molecule has 0 spiro atoms. The predicted molar refractivity (Wildman–Crippen MR) is 69.8 cm³/mol. The van der Waals surface area contributed by atoms with Crippen molar-refractivity contribution in [3.63, 3.8) is 0 Å². The normalized spacial score (nSPS) is 22.6. The first kappa shape index (κ1) is 13.1. The summed E-state index contributed by atoms with van der Waals surface area (Å²) in [5, 5.41) is 3.27. The third-order valence-electron chi connectivity index (χ3n) is 2.59. The molecule has 0 amide bonds. The number of rotatable bonds is 2. The Morgan fingerprint density at radius 3 is 2.71 bits per heavy atom. The molecule has 0 aliphatic carbocycles. The van der Waals surface area contributed by atoms with Crippen molar-refractivity contribution < 1.29 is 12.8 Å². The fourth-order valence-electron chi connectivity index (χ4n) is 1.79. The molecule has 1 aliphatic heterocycles. The number of nitrogens with one attached hydrogen (secondary N) is 1. The highest BCUT2D eigenvalue weighted by Crippen LogP contribution is 2.33. The second kappa shape index (κ2) is 4.74. The molecule has 0 radical (unpaired) electrons. The van der Waals surface area contributed by atoms with Crippen molar-refractivity contribution in [1.29, 1.82) is 0 Å². The van der Waals surface area contributed by atoms with Crippen LogP contribution in [0.4, 0.5) is 10.1 Å². The van der Waals surface area contributed by atoms with Gasteiger partial charge >= 0.3 is 0 Å². The SMILES string of the molecule is O=S1(=O)CCC(Nc2c(Cl)cc(F)cc2Br)C1. The molecule has 1 heterocycles. The van der Waals surface area contributed by atoms with Crippen LogP contribution in [0.2, 0.25) is 5.02 Å². The Hall–Kier alpha value is -0.330. The largest absolute Gasteiger partial charge is 0.379 e. The minimum absolute atomic E-state index is 0.0904. The zero-order chi connectivity index (χ0) is 12.6. The average Bonchev–Trinajstić information content (AvgIpc) is 2.52. The fraction of sp³-hybridized carbons (Fsp3) is 0.400. The van der Waals surface area contributed by atoms with Crippen LogP contribution in [0.5, 0.6) is 0 Å². The van der Waals surface area contributed by atoms with Crippen molar-refractivity contribution in [2.45, 2.75) is 12.5 Å². The highest BCUT2D eigenvalue weighted by atomic mass is 79.9. The summed E-state index contributed by atoms with van der Waals surface area (Å²) in [5.74, 6) is -0.166. The molecule has 0 aromatic heterocycles. The number of hydrogen-bond donors (Lipinski definition) is 1. The van der Waals surface area contributed by atoms with Crippen molar-refractivity contribution in [3.8, 4) is 0 Å². The van der Waals surface area contributed by atoms with Crippen molar-refractivity contribution in [1.82, 2.24) is 0 Å². The quantitative estimate of drug-likeness (QED) is 0.899. The topological polar surface area (TPSA) is 46.2 Å². The van der Waals surface area contributed by atoms with E-state index in [1.54, 1.807) is 0 Å². The lowest BCUT2D eigenvalue weighted by atomic mass is 10.2. The van der Waals surface area contributed by atoms with Crippen LogP contribution in [0.15, 0.2) is 16.6 Å². The van der Waals surface area contributed by atoms with Crippen LogP contribution in [0.3, 0.4) is 0 Å². The standard InChI is InChI=1S/C10H10BrClFNO2S/c11-8-3-6(13)4-9(12)10(8)14-7-1-2-17(15,16)5-7/h3-4,7,14H,1-2,5H2. The van der Waals surface area contributed by atoms with Gasteiger partial charge in [0.05, 0.1) is 22.2 Å². The summed E-state index contributed by atoms with van der Waals surface area (Å²) in [4.78, 5) is 0. The summed E-state index contributed by atoms with van der Waals surface area (Å²) < 4.78 is 36.1. The van der Waals surface area contributed by atoms with Gasteiger partial charge in [0.2, 0.25) is 0 Å². The van der Waals surface area contributed by atoms with Gasteiger partial charge in [-0.3, -0.25) is 0 Å². The van der Waals surface area contributed by atoms with Crippen LogP contribution in [0.1, 0.15) is 6.42 Å². The lowest BCUT2D eigenvalue weighted by molar-refractivity contribution is 0.602. The molecule has 1 aromatic carbocycles. The van der Waals surface area contributed by atoms with Crippen LogP contribution in [-0.4, -0.2) is 26.0 Å². The molecule has 1 aromatic rings. The molecule has 1 saturated heterocycles. The molecular formula is C10H10BrClFNO2S. The lowest BCUT2D eigenvalue weighted by Gasteiger charge is -2.15. The second-order valence-electron chi connectivity index (χ2n) is 3.99. The van der Waals surface area contributed by atoms with E-state index in [1.807, 2.05) is 0 Å². The Kier molecular flexibility index (Phi) is 3.66.